The van der Waals surface area contributed by atoms with Gasteiger partial charge in [-0.25, -0.2) is 9.18 Å². The number of aromatic nitrogens is 1. The number of rotatable bonds is 2. The molecule has 0 bridgehead atoms. The van der Waals surface area contributed by atoms with E-state index >= 15 is 0 Å². The summed E-state index contributed by atoms with van der Waals surface area (Å²) < 4.78 is 17.4. The Kier molecular flexibility index (Phi) is 2.47. The zero-order valence-corrected chi connectivity index (χ0v) is 6.98. The monoisotopic (exact) mass is 171 g/mol. The van der Waals surface area contributed by atoms with Crippen molar-refractivity contribution in [3.63, 3.8) is 0 Å². The van der Waals surface area contributed by atoms with Gasteiger partial charge in [0.25, 0.3) is 0 Å². The summed E-state index contributed by atoms with van der Waals surface area (Å²) in [4.78, 5) is 13.6. The molecule has 0 aromatic carbocycles. The van der Waals surface area contributed by atoms with Gasteiger partial charge in [0.2, 0.25) is 0 Å². The molecule has 3 nitrogen and oxygen atoms in total. The average Bonchev–Trinajstić information content (AvgIpc) is 2.33. The van der Waals surface area contributed by atoms with Crippen molar-refractivity contribution in [3.8, 4) is 0 Å². The SMILES string of the molecule is CCOC(=O)c1cc(F)c(C)[nH]1. The van der Waals surface area contributed by atoms with Crippen molar-refractivity contribution < 1.29 is 13.9 Å². The van der Waals surface area contributed by atoms with Crippen LogP contribution in [0.15, 0.2) is 6.07 Å². The molecule has 12 heavy (non-hydrogen) atoms. The van der Waals surface area contributed by atoms with Crippen molar-refractivity contribution in [2.45, 2.75) is 13.8 Å². The molecule has 0 saturated heterocycles. The van der Waals surface area contributed by atoms with Crippen LogP contribution in [-0.2, 0) is 4.74 Å². The lowest BCUT2D eigenvalue weighted by Gasteiger charge is -1.96. The predicted octanol–water partition coefficient (Wildman–Crippen LogP) is 1.64. The number of ether oxygens (including phenoxy) is 1. The van der Waals surface area contributed by atoms with Crippen molar-refractivity contribution in [1.29, 1.82) is 0 Å². The first kappa shape index (κ1) is 8.77. The second kappa shape index (κ2) is 3.38. The third kappa shape index (κ3) is 1.64. The number of halogens is 1. The highest BCUT2D eigenvalue weighted by atomic mass is 19.1. The first-order valence-corrected chi connectivity index (χ1v) is 3.67. The van der Waals surface area contributed by atoms with Crippen LogP contribution >= 0.6 is 0 Å². The normalized spacial score (nSPS) is 9.92. The molecular weight excluding hydrogens is 161 g/mol. The molecule has 0 atom stereocenters. The Labute approximate surface area is 69.5 Å². The number of carbonyl (C=O) groups excluding carboxylic acids is 1. The van der Waals surface area contributed by atoms with E-state index in [0.717, 1.165) is 6.07 Å². The van der Waals surface area contributed by atoms with E-state index in [1.54, 1.807) is 13.8 Å². The van der Waals surface area contributed by atoms with Gasteiger partial charge >= 0.3 is 5.97 Å². The van der Waals surface area contributed by atoms with E-state index in [9.17, 15) is 9.18 Å². The Morgan fingerprint density at radius 2 is 2.42 bits per heavy atom. The van der Waals surface area contributed by atoms with Gasteiger partial charge in [0, 0.05) is 11.8 Å². The molecule has 66 valence electrons. The number of hydrogen-bond acceptors (Lipinski definition) is 2. The molecule has 0 amide bonds. The van der Waals surface area contributed by atoms with Gasteiger partial charge in [0.1, 0.15) is 11.5 Å². The highest BCUT2D eigenvalue weighted by molar-refractivity contribution is 5.87. The van der Waals surface area contributed by atoms with Crippen LogP contribution in [0.1, 0.15) is 23.1 Å². The number of carbonyl (C=O) groups is 1. The van der Waals surface area contributed by atoms with Gasteiger partial charge in [-0.3, -0.25) is 0 Å². The van der Waals surface area contributed by atoms with Crippen molar-refractivity contribution in [3.05, 3.63) is 23.3 Å². The summed E-state index contributed by atoms with van der Waals surface area (Å²) in [5.41, 5.74) is 0.505. The number of aromatic amines is 1. The van der Waals surface area contributed by atoms with E-state index in [2.05, 4.69) is 9.72 Å². The van der Waals surface area contributed by atoms with Gasteiger partial charge in [0.15, 0.2) is 0 Å². The Bertz CT molecular complexity index is 274. The fraction of sp³-hybridized carbons (Fsp3) is 0.375. The van der Waals surface area contributed by atoms with Gasteiger partial charge in [-0.2, -0.15) is 0 Å². The molecule has 1 aromatic rings. The van der Waals surface area contributed by atoms with Crippen molar-refractivity contribution in [2.24, 2.45) is 0 Å². The largest absolute Gasteiger partial charge is 0.461 e. The molecule has 0 aliphatic heterocycles. The third-order valence-corrected chi connectivity index (χ3v) is 1.45. The molecule has 1 N–H and O–H groups in total. The summed E-state index contributed by atoms with van der Waals surface area (Å²) >= 11 is 0. The molecule has 0 aliphatic rings. The van der Waals surface area contributed by atoms with E-state index in [1.807, 2.05) is 0 Å². The fourth-order valence-corrected chi connectivity index (χ4v) is 0.852. The first-order chi connectivity index (χ1) is 5.65. The quantitative estimate of drug-likeness (QED) is 0.687. The van der Waals surface area contributed by atoms with Gasteiger partial charge in [-0.05, 0) is 13.8 Å². The predicted molar refractivity (Wildman–Crippen MR) is 41.4 cm³/mol. The van der Waals surface area contributed by atoms with Crippen LogP contribution in [0.3, 0.4) is 0 Å². The molecule has 1 rings (SSSR count). The van der Waals surface area contributed by atoms with Crippen LogP contribution in [-0.4, -0.2) is 17.6 Å². The summed E-state index contributed by atoms with van der Waals surface area (Å²) in [5.74, 6) is -0.942. The molecule has 0 saturated carbocycles. The zero-order valence-electron chi connectivity index (χ0n) is 6.98. The van der Waals surface area contributed by atoms with Crippen LogP contribution in [0.5, 0.6) is 0 Å². The highest BCUT2D eigenvalue weighted by Crippen LogP contribution is 2.08. The summed E-state index contributed by atoms with van der Waals surface area (Å²) in [5, 5.41) is 0. The Hall–Kier alpha value is -1.32. The minimum absolute atomic E-state index is 0.159. The minimum Gasteiger partial charge on any atom is -0.461 e. The molecule has 4 heteroatoms. The van der Waals surface area contributed by atoms with E-state index in [-0.39, 0.29) is 5.69 Å². The second-order valence-corrected chi connectivity index (χ2v) is 2.38. The van der Waals surface area contributed by atoms with Crippen LogP contribution in [0, 0.1) is 12.7 Å². The molecule has 0 radical (unpaired) electrons. The Balaban J connectivity index is 2.82. The lowest BCUT2D eigenvalue weighted by atomic mass is 10.4. The molecule has 1 aromatic heterocycles. The molecule has 1 heterocycles. The lowest BCUT2D eigenvalue weighted by Crippen LogP contribution is -2.04. The van der Waals surface area contributed by atoms with E-state index in [0.29, 0.717) is 12.3 Å². The molecule has 0 fully saturated rings. The Morgan fingerprint density at radius 1 is 1.75 bits per heavy atom. The zero-order chi connectivity index (χ0) is 9.14. The molecule has 0 aliphatic carbocycles. The van der Waals surface area contributed by atoms with Crippen LogP contribution < -0.4 is 0 Å². The average molecular weight is 171 g/mol. The highest BCUT2D eigenvalue weighted by Gasteiger charge is 2.11. The first-order valence-electron chi connectivity index (χ1n) is 3.67. The maximum atomic E-state index is 12.7. The maximum Gasteiger partial charge on any atom is 0.354 e. The number of hydrogen-bond donors (Lipinski definition) is 1. The van der Waals surface area contributed by atoms with Crippen molar-refractivity contribution in [2.75, 3.05) is 6.61 Å². The number of nitrogens with one attached hydrogen (secondary N) is 1. The molecular formula is C8H10FNO2. The number of aryl methyl sites for hydroxylation is 1. The Morgan fingerprint density at radius 3 is 2.83 bits per heavy atom. The second-order valence-electron chi connectivity index (χ2n) is 2.38. The van der Waals surface area contributed by atoms with Crippen molar-refractivity contribution >= 4 is 5.97 Å². The van der Waals surface area contributed by atoms with Gasteiger partial charge < -0.3 is 9.72 Å². The van der Waals surface area contributed by atoms with E-state index < -0.39 is 11.8 Å². The third-order valence-electron chi connectivity index (χ3n) is 1.45. The number of H-pyrrole nitrogens is 1. The maximum absolute atomic E-state index is 12.7. The molecule has 0 unspecified atom stereocenters. The smallest absolute Gasteiger partial charge is 0.354 e. The lowest BCUT2D eigenvalue weighted by molar-refractivity contribution is 0.0520. The topological polar surface area (TPSA) is 42.1 Å². The summed E-state index contributed by atoms with van der Waals surface area (Å²) in [7, 11) is 0. The van der Waals surface area contributed by atoms with Crippen LogP contribution in [0.25, 0.3) is 0 Å². The summed E-state index contributed by atoms with van der Waals surface area (Å²) in [6, 6.07) is 1.13. The van der Waals surface area contributed by atoms with Crippen molar-refractivity contribution in [1.82, 2.24) is 4.98 Å². The standard InChI is InChI=1S/C8H10FNO2/c1-3-12-8(11)7-4-6(9)5(2)10-7/h4,10H,3H2,1-2H3. The summed E-state index contributed by atoms with van der Waals surface area (Å²) in [6.07, 6.45) is 0. The number of esters is 1. The van der Waals surface area contributed by atoms with Gasteiger partial charge in [0.05, 0.1) is 6.61 Å². The van der Waals surface area contributed by atoms with Gasteiger partial charge in [-0.1, -0.05) is 0 Å². The van der Waals surface area contributed by atoms with E-state index in [1.165, 1.54) is 0 Å². The van der Waals surface area contributed by atoms with Gasteiger partial charge in [-0.15, -0.1) is 0 Å². The molecule has 0 spiro atoms. The van der Waals surface area contributed by atoms with Crippen LogP contribution in [0.4, 0.5) is 4.39 Å². The van der Waals surface area contributed by atoms with E-state index in [4.69, 9.17) is 0 Å². The fourth-order valence-electron chi connectivity index (χ4n) is 0.852. The van der Waals surface area contributed by atoms with Crippen LogP contribution in [0.2, 0.25) is 0 Å². The minimum atomic E-state index is -0.524. The summed E-state index contributed by atoms with van der Waals surface area (Å²) in [6.45, 7) is 3.54.